The summed E-state index contributed by atoms with van der Waals surface area (Å²) in [6.45, 7) is 3.94. The van der Waals surface area contributed by atoms with Gasteiger partial charge in [-0.3, -0.25) is 0 Å². The van der Waals surface area contributed by atoms with Crippen molar-refractivity contribution in [2.75, 3.05) is 9.80 Å². The first-order chi connectivity index (χ1) is 25.7. The number of hydrogen-bond acceptors (Lipinski definition) is 3. The Morgan fingerprint density at radius 3 is 1.33 bits per heavy atom. The quantitative estimate of drug-likeness (QED) is 0.151. The van der Waals surface area contributed by atoms with Crippen LogP contribution in [0.2, 0.25) is 0 Å². The fourth-order valence-corrected chi connectivity index (χ4v) is 7.43. The third-order valence-electron chi connectivity index (χ3n) is 9.88. The average molecular weight is 669 g/mol. The topological polar surface area (TPSA) is 24.3 Å². The number of imidazole rings is 1. The summed E-state index contributed by atoms with van der Waals surface area (Å²) in [5, 5.41) is 4.57. The molecule has 0 radical (unpaired) electrons. The zero-order valence-electron chi connectivity index (χ0n) is 28.9. The predicted molar refractivity (Wildman–Crippen MR) is 221 cm³/mol. The molecule has 4 nitrogen and oxygen atoms in total. The van der Waals surface area contributed by atoms with Crippen LogP contribution in [0, 0.1) is 0 Å². The van der Waals surface area contributed by atoms with Crippen LogP contribution in [0.4, 0.5) is 34.1 Å². The van der Waals surface area contributed by atoms with Crippen LogP contribution < -0.4 is 9.80 Å². The summed E-state index contributed by atoms with van der Waals surface area (Å²) in [4.78, 5) is 10.0. The summed E-state index contributed by atoms with van der Waals surface area (Å²) in [5.74, 6) is 0.929. The number of nitrogens with zero attached hydrogens (tertiary/aromatic N) is 4. The monoisotopic (exact) mass is 668 g/mol. The first-order valence-electron chi connectivity index (χ1n) is 17.6. The van der Waals surface area contributed by atoms with Crippen LogP contribution in [0.3, 0.4) is 0 Å². The Balaban J connectivity index is 1.35. The summed E-state index contributed by atoms with van der Waals surface area (Å²) >= 11 is 0. The number of fused-ring (bicyclic) bond motifs is 6. The highest BCUT2D eigenvalue weighted by atomic mass is 15.1. The number of benzene rings is 8. The number of anilines is 6. The smallest absolute Gasteiger partial charge is 0.140 e. The Morgan fingerprint density at radius 1 is 0.462 bits per heavy atom. The lowest BCUT2D eigenvalue weighted by atomic mass is 9.97. The molecule has 9 aromatic rings. The highest BCUT2D eigenvalue weighted by Crippen LogP contribution is 2.44. The van der Waals surface area contributed by atoms with Crippen LogP contribution in [0.15, 0.2) is 189 Å². The maximum atomic E-state index is 5.37. The second-order valence-electron chi connectivity index (χ2n) is 13.0. The van der Waals surface area contributed by atoms with E-state index in [0.29, 0.717) is 0 Å². The first-order valence-corrected chi connectivity index (χ1v) is 17.6. The fraction of sp³-hybridized carbons (Fsp3) is 0.0208. The van der Waals surface area contributed by atoms with Gasteiger partial charge in [0, 0.05) is 57.5 Å². The summed E-state index contributed by atoms with van der Waals surface area (Å²) in [7, 11) is 2.13. The molecule has 0 aliphatic heterocycles. The zero-order chi connectivity index (χ0) is 35.0. The van der Waals surface area contributed by atoms with Gasteiger partial charge in [0.1, 0.15) is 5.82 Å². The van der Waals surface area contributed by atoms with Crippen molar-refractivity contribution in [3.05, 3.63) is 194 Å². The van der Waals surface area contributed by atoms with E-state index in [9.17, 15) is 0 Å². The number of rotatable bonds is 8. The zero-order valence-corrected chi connectivity index (χ0v) is 28.9. The lowest BCUT2D eigenvalue weighted by Gasteiger charge is -2.27. The van der Waals surface area contributed by atoms with Crippen LogP contribution in [-0.2, 0) is 7.05 Å². The van der Waals surface area contributed by atoms with Gasteiger partial charge < -0.3 is 14.4 Å². The molecular weight excluding hydrogens is 633 g/mol. The van der Waals surface area contributed by atoms with Gasteiger partial charge >= 0.3 is 0 Å². The van der Waals surface area contributed by atoms with E-state index in [-0.39, 0.29) is 0 Å². The van der Waals surface area contributed by atoms with E-state index in [2.05, 4.69) is 210 Å². The van der Waals surface area contributed by atoms with Crippen molar-refractivity contribution in [1.29, 1.82) is 0 Å². The second-order valence-corrected chi connectivity index (χ2v) is 13.0. The summed E-state index contributed by atoms with van der Waals surface area (Å²) in [5.41, 5.74) is 10.8. The molecule has 0 atom stereocenters. The Kier molecular flexibility index (Phi) is 7.83. The lowest BCUT2D eigenvalue weighted by Crippen LogP contribution is -2.10. The lowest BCUT2D eigenvalue weighted by molar-refractivity contribution is 0.962. The molecule has 4 heteroatoms. The van der Waals surface area contributed by atoms with Crippen molar-refractivity contribution in [1.82, 2.24) is 9.55 Å². The molecule has 0 N–H and O–H groups in total. The molecule has 1 aromatic heterocycles. The minimum atomic E-state index is 0.929. The minimum absolute atomic E-state index is 0.929. The van der Waals surface area contributed by atoms with Crippen molar-refractivity contribution in [3.63, 3.8) is 0 Å². The molecule has 0 fully saturated rings. The molecule has 0 bridgehead atoms. The Morgan fingerprint density at radius 2 is 0.885 bits per heavy atom. The summed E-state index contributed by atoms with van der Waals surface area (Å²) in [6.07, 6.45) is 1.87. The van der Waals surface area contributed by atoms with Gasteiger partial charge in [-0.1, -0.05) is 122 Å². The number of aromatic nitrogens is 2. The molecule has 0 saturated carbocycles. The van der Waals surface area contributed by atoms with Crippen molar-refractivity contribution in [3.8, 4) is 11.4 Å². The number of aryl methyl sites for hydroxylation is 1. The van der Waals surface area contributed by atoms with Crippen molar-refractivity contribution < 1.29 is 0 Å². The van der Waals surface area contributed by atoms with E-state index in [4.69, 9.17) is 4.98 Å². The van der Waals surface area contributed by atoms with E-state index in [1.165, 1.54) is 0 Å². The molecule has 248 valence electrons. The summed E-state index contributed by atoms with van der Waals surface area (Å²) < 4.78 is 2.25. The van der Waals surface area contributed by atoms with Crippen LogP contribution in [-0.4, -0.2) is 9.55 Å². The number of hydrogen-bond donors (Lipinski definition) is 0. The molecule has 0 aliphatic rings. The average Bonchev–Trinajstić information content (AvgIpc) is 3.56. The van der Waals surface area contributed by atoms with Crippen LogP contribution in [0.1, 0.15) is 5.56 Å². The van der Waals surface area contributed by atoms with Crippen molar-refractivity contribution in [2.45, 2.75) is 0 Å². The third-order valence-corrected chi connectivity index (χ3v) is 9.88. The normalized spacial score (nSPS) is 11.2. The van der Waals surface area contributed by atoms with Gasteiger partial charge in [0.05, 0.1) is 11.0 Å². The highest BCUT2D eigenvalue weighted by Gasteiger charge is 2.21. The minimum Gasteiger partial charge on any atom is -0.327 e. The molecular formula is C48H36N4. The molecule has 0 aliphatic carbocycles. The molecule has 52 heavy (non-hydrogen) atoms. The third kappa shape index (κ3) is 5.38. The molecule has 0 spiro atoms. The van der Waals surface area contributed by atoms with E-state index < -0.39 is 0 Å². The van der Waals surface area contributed by atoms with Gasteiger partial charge in [-0.2, -0.15) is 0 Å². The van der Waals surface area contributed by atoms with Crippen LogP contribution >= 0.6 is 0 Å². The Labute approximate surface area is 303 Å². The highest BCUT2D eigenvalue weighted by molar-refractivity contribution is 6.25. The molecule has 0 saturated heterocycles. The van der Waals surface area contributed by atoms with Gasteiger partial charge in [-0.15, -0.1) is 0 Å². The standard InChI is InChI=1S/C48H36N4/c1-3-34-24-26-35(27-25-34)48-49-46-42-30-28-40(51(36-16-8-4-9-17-36)37-18-10-5-11-19-37)32-44(42)45-33-41(29-31-43(45)47(46)50(48)2)52(38-20-12-6-13-21-38)39-22-14-7-15-23-39/h3-33H,1H2,2H3. The van der Waals surface area contributed by atoms with Gasteiger partial charge in [0.15, 0.2) is 0 Å². The fourth-order valence-electron chi connectivity index (χ4n) is 7.43. The molecule has 9 rings (SSSR count). The van der Waals surface area contributed by atoms with Crippen molar-refractivity contribution >= 4 is 72.8 Å². The Hall–Kier alpha value is -6.91. The molecule has 1 heterocycles. The maximum Gasteiger partial charge on any atom is 0.140 e. The van der Waals surface area contributed by atoms with E-state index >= 15 is 0 Å². The van der Waals surface area contributed by atoms with Crippen LogP contribution in [0.5, 0.6) is 0 Å². The molecule has 8 aromatic carbocycles. The van der Waals surface area contributed by atoms with Gasteiger partial charge in [-0.05, 0) is 89.1 Å². The predicted octanol–water partition coefficient (Wildman–Crippen LogP) is 13.1. The van der Waals surface area contributed by atoms with Gasteiger partial charge in [-0.25, -0.2) is 4.98 Å². The Bertz CT molecular complexity index is 2600. The maximum absolute atomic E-state index is 5.37. The SMILES string of the molecule is C=Cc1ccc(-c2nc3c4ccc(N(c5ccccc5)c5ccccc5)cc4c4cc(N(c5ccccc5)c5ccccc5)ccc4c3n2C)cc1. The molecule has 0 amide bonds. The van der Waals surface area contributed by atoms with E-state index in [1.54, 1.807) is 0 Å². The summed E-state index contributed by atoms with van der Waals surface area (Å²) in [6, 6.07) is 64.5. The van der Waals surface area contributed by atoms with Gasteiger partial charge in [0.25, 0.3) is 0 Å². The van der Waals surface area contributed by atoms with E-state index in [0.717, 1.165) is 83.7 Å². The van der Waals surface area contributed by atoms with E-state index in [1.807, 2.05) is 6.08 Å². The second kappa shape index (κ2) is 13.1. The molecule has 0 unspecified atom stereocenters. The van der Waals surface area contributed by atoms with Crippen LogP contribution in [0.25, 0.3) is 50.0 Å². The largest absolute Gasteiger partial charge is 0.327 e. The van der Waals surface area contributed by atoms with Crippen molar-refractivity contribution in [2.24, 2.45) is 7.05 Å². The number of para-hydroxylation sites is 4. The van der Waals surface area contributed by atoms with Gasteiger partial charge in [0.2, 0.25) is 0 Å². The first kappa shape index (κ1) is 31.1.